The highest BCUT2D eigenvalue weighted by Crippen LogP contribution is 2.14. The molecule has 1 N–H and O–H groups in total. The highest BCUT2D eigenvalue weighted by molar-refractivity contribution is 7.17. The molecule has 16 heavy (non-hydrogen) atoms. The van der Waals surface area contributed by atoms with Gasteiger partial charge in [-0.1, -0.05) is 16.6 Å². The number of hydrogen-bond acceptors (Lipinski definition) is 6. The third kappa shape index (κ3) is 2.74. The molecule has 2 heterocycles. The Labute approximate surface area is 99.4 Å². The Bertz CT molecular complexity index is 469. The van der Waals surface area contributed by atoms with Crippen LogP contribution in [-0.2, 0) is 6.54 Å². The molecule has 0 unspecified atom stereocenters. The normalized spacial score (nSPS) is 10.3. The van der Waals surface area contributed by atoms with Crippen LogP contribution in [0.2, 0.25) is 4.47 Å². The van der Waals surface area contributed by atoms with Crippen LogP contribution in [0.4, 0.5) is 0 Å². The SMILES string of the molecule is O=C(NCCn1ccnn1)c1nnc(Cl)s1. The van der Waals surface area contributed by atoms with Crippen LogP contribution < -0.4 is 5.32 Å². The van der Waals surface area contributed by atoms with Crippen LogP contribution in [-0.4, -0.2) is 37.6 Å². The van der Waals surface area contributed by atoms with Gasteiger partial charge in [0.15, 0.2) is 0 Å². The molecule has 0 aliphatic heterocycles. The van der Waals surface area contributed by atoms with E-state index in [1.54, 1.807) is 17.1 Å². The van der Waals surface area contributed by atoms with E-state index in [4.69, 9.17) is 11.6 Å². The Balaban J connectivity index is 1.80. The zero-order chi connectivity index (χ0) is 11.4. The van der Waals surface area contributed by atoms with Crippen LogP contribution in [0.25, 0.3) is 0 Å². The molecule has 1 amide bonds. The highest BCUT2D eigenvalue weighted by atomic mass is 35.5. The fourth-order valence-corrected chi connectivity index (χ4v) is 1.75. The molecule has 0 spiro atoms. The van der Waals surface area contributed by atoms with E-state index in [2.05, 4.69) is 25.8 Å². The monoisotopic (exact) mass is 258 g/mol. The maximum atomic E-state index is 11.5. The number of halogens is 1. The molecule has 9 heteroatoms. The van der Waals surface area contributed by atoms with Gasteiger partial charge in [-0.2, -0.15) is 0 Å². The minimum Gasteiger partial charge on any atom is -0.348 e. The van der Waals surface area contributed by atoms with E-state index in [0.29, 0.717) is 13.1 Å². The van der Waals surface area contributed by atoms with E-state index in [-0.39, 0.29) is 15.4 Å². The van der Waals surface area contributed by atoms with Crippen molar-refractivity contribution < 1.29 is 4.79 Å². The summed E-state index contributed by atoms with van der Waals surface area (Å²) in [6.45, 7) is 0.998. The molecule has 0 bridgehead atoms. The first-order valence-electron chi connectivity index (χ1n) is 4.37. The third-order valence-electron chi connectivity index (χ3n) is 1.69. The summed E-state index contributed by atoms with van der Waals surface area (Å²) in [4.78, 5) is 11.5. The Morgan fingerprint density at radius 3 is 3.06 bits per heavy atom. The van der Waals surface area contributed by atoms with Gasteiger partial charge in [0.05, 0.1) is 12.7 Å². The van der Waals surface area contributed by atoms with Crippen LogP contribution >= 0.6 is 22.9 Å². The van der Waals surface area contributed by atoms with Gasteiger partial charge in [0.1, 0.15) is 0 Å². The molecule has 0 fully saturated rings. The quantitative estimate of drug-likeness (QED) is 0.848. The Kier molecular flexibility index (Phi) is 3.42. The van der Waals surface area contributed by atoms with Crippen LogP contribution in [0.15, 0.2) is 12.4 Å². The van der Waals surface area contributed by atoms with Crippen molar-refractivity contribution in [2.45, 2.75) is 6.54 Å². The molecule has 0 aliphatic rings. The van der Waals surface area contributed by atoms with Gasteiger partial charge in [0, 0.05) is 12.7 Å². The average Bonchev–Trinajstić information content (AvgIpc) is 2.89. The van der Waals surface area contributed by atoms with Crippen molar-refractivity contribution in [1.82, 2.24) is 30.5 Å². The van der Waals surface area contributed by atoms with Crippen LogP contribution in [0.1, 0.15) is 9.80 Å². The van der Waals surface area contributed by atoms with E-state index >= 15 is 0 Å². The second-order valence-corrected chi connectivity index (χ2v) is 4.34. The number of nitrogens with zero attached hydrogens (tertiary/aromatic N) is 5. The zero-order valence-electron chi connectivity index (χ0n) is 8.00. The molecule has 2 rings (SSSR count). The number of hydrogen-bond donors (Lipinski definition) is 1. The lowest BCUT2D eigenvalue weighted by Gasteiger charge is -2.01. The minimum atomic E-state index is -0.287. The molecule has 2 aromatic rings. The van der Waals surface area contributed by atoms with Crippen LogP contribution in [0.5, 0.6) is 0 Å². The lowest BCUT2D eigenvalue weighted by Crippen LogP contribution is -2.27. The number of rotatable bonds is 4. The van der Waals surface area contributed by atoms with E-state index in [1.807, 2.05) is 0 Å². The fraction of sp³-hybridized carbons (Fsp3) is 0.286. The molecule has 0 saturated heterocycles. The van der Waals surface area contributed by atoms with E-state index < -0.39 is 0 Å². The standard InChI is InChI=1S/C7H7ClN6OS/c8-7-12-11-6(16-7)5(15)9-1-3-14-4-2-10-13-14/h2,4H,1,3H2,(H,9,15). The summed E-state index contributed by atoms with van der Waals surface area (Å²) in [7, 11) is 0. The summed E-state index contributed by atoms with van der Waals surface area (Å²) < 4.78 is 1.87. The second-order valence-electron chi connectivity index (χ2n) is 2.78. The predicted molar refractivity (Wildman–Crippen MR) is 57.3 cm³/mol. The van der Waals surface area contributed by atoms with Gasteiger partial charge < -0.3 is 5.32 Å². The Morgan fingerprint density at radius 1 is 1.56 bits per heavy atom. The zero-order valence-corrected chi connectivity index (χ0v) is 9.57. The molecule has 2 aromatic heterocycles. The van der Waals surface area contributed by atoms with Crippen LogP contribution in [0, 0.1) is 0 Å². The summed E-state index contributed by atoms with van der Waals surface area (Å²) >= 11 is 6.60. The van der Waals surface area contributed by atoms with Crippen molar-refractivity contribution >= 4 is 28.8 Å². The van der Waals surface area contributed by atoms with Gasteiger partial charge in [0.2, 0.25) is 9.47 Å². The molecule has 7 nitrogen and oxygen atoms in total. The van der Waals surface area contributed by atoms with Crippen molar-refractivity contribution in [3.63, 3.8) is 0 Å². The molecular weight excluding hydrogens is 252 g/mol. The maximum absolute atomic E-state index is 11.5. The molecule has 0 radical (unpaired) electrons. The summed E-state index contributed by atoms with van der Waals surface area (Å²) in [6, 6.07) is 0. The van der Waals surface area contributed by atoms with E-state index in [0.717, 1.165) is 11.3 Å². The first-order valence-corrected chi connectivity index (χ1v) is 5.56. The summed E-state index contributed by atoms with van der Waals surface area (Å²) in [5.74, 6) is -0.287. The minimum absolute atomic E-state index is 0.251. The Hall–Kier alpha value is -1.54. The topological polar surface area (TPSA) is 85.6 Å². The van der Waals surface area contributed by atoms with Gasteiger partial charge in [0.25, 0.3) is 5.91 Å². The molecule has 0 aromatic carbocycles. The van der Waals surface area contributed by atoms with Crippen LogP contribution in [0.3, 0.4) is 0 Å². The van der Waals surface area contributed by atoms with Gasteiger partial charge >= 0.3 is 0 Å². The van der Waals surface area contributed by atoms with E-state index in [9.17, 15) is 4.79 Å². The van der Waals surface area contributed by atoms with Crippen molar-refractivity contribution in [3.05, 3.63) is 21.9 Å². The summed E-state index contributed by atoms with van der Waals surface area (Å²) in [5, 5.41) is 17.5. The van der Waals surface area contributed by atoms with Crippen molar-refractivity contribution in [2.75, 3.05) is 6.54 Å². The van der Waals surface area contributed by atoms with Gasteiger partial charge in [-0.05, 0) is 11.6 Å². The maximum Gasteiger partial charge on any atom is 0.282 e. The number of amides is 1. The van der Waals surface area contributed by atoms with Crippen molar-refractivity contribution in [1.29, 1.82) is 0 Å². The largest absolute Gasteiger partial charge is 0.348 e. The van der Waals surface area contributed by atoms with E-state index in [1.165, 1.54) is 0 Å². The predicted octanol–water partition coefficient (Wildman–Crippen LogP) is 0.213. The highest BCUT2D eigenvalue weighted by Gasteiger charge is 2.10. The lowest BCUT2D eigenvalue weighted by molar-refractivity contribution is 0.0951. The number of carbonyl (C=O) groups is 1. The second kappa shape index (κ2) is 4.99. The van der Waals surface area contributed by atoms with Gasteiger partial charge in [-0.15, -0.1) is 15.3 Å². The first-order chi connectivity index (χ1) is 7.75. The fourth-order valence-electron chi connectivity index (χ4n) is 1.01. The average molecular weight is 259 g/mol. The molecule has 0 atom stereocenters. The smallest absolute Gasteiger partial charge is 0.282 e. The first kappa shape index (κ1) is 11.0. The molecule has 0 saturated carbocycles. The number of carbonyl (C=O) groups excluding carboxylic acids is 1. The van der Waals surface area contributed by atoms with Gasteiger partial charge in [-0.25, -0.2) is 0 Å². The molecule has 84 valence electrons. The summed E-state index contributed by atoms with van der Waals surface area (Å²) in [5.41, 5.74) is 0. The summed E-state index contributed by atoms with van der Waals surface area (Å²) in [6.07, 6.45) is 3.29. The Morgan fingerprint density at radius 2 is 2.44 bits per heavy atom. The van der Waals surface area contributed by atoms with Crippen molar-refractivity contribution in [2.24, 2.45) is 0 Å². The molecular formula is C7H7ClN6OS. The number of nitrogens with one attached hydrogen (secondary N) is 1. The van der Waals surface area contributed by atoms with Crippen molar-refractivity contribution in [3.8, 4) is 0 Å². The third-order valence-corrected chi connectivity index (χ3v) is 2.71. The van der Waals surface area contributed by atoms with Gasteiger partial charge in [-0.3, -0.25) is 9.48 Å². The lowest BCUT2D eigenvalue weighted by atomic mass is 10.5. The number of aromatic nitrogens is 5. The molecule has 0 aliphatic carbocycles.